The van der Waals surface area contributed by atoms with Crippen LogP contribution in [-0.4, -0.2) is 67.7 Å². The van der Waals surface area contributed by atoms with Crippen molar-refractivity contribution in [2.75, 3.05) is 39.3 Å². The van der Waals surface area contributed by atoms with E-state index in [1.165, 1.54) is 22.0 Å². The Morgan fingerprint density at radius 1 is 0.844 bits per heavy atom. The molecule has 0 saturated carbocycles. The number of hydrogen-bond donors (Lipinski definition) is 0. The lowest BCUT2D eigenvalue weighted by molar-refractivity contribution is 0.0628. The van der Waals surface area contributed by atoms with Crippen molar-refractivity contribution in [3.05, 3.63) is 63.6 Å². The zero-order valence-corrected chi connectivity index (χ0v) is 20.2. The minimum absolute atomic E-state index is 0.0449. The van der Waals surface area contributed by atoms with Crippen LogP contribution in [0.1, 0.15) is 35.2 Å². The van der Waals surface area contributed by atoms with E-state index < -0.39 is 10.0 Å². The van der Waals surface area contributed by atoms with E-state index in [0.717, 1.165) is 38.9 Å². The SMILES string of the molecule is O=C(c1cc(S(=O)(=O)N2CCCCC2)c(Cl)cc1Cl)N1CCN(Cc2ccccc2)CC1. The van der Waals surface area contributed by atoms with Crippen molar-refractivity contribution in [1.29, 1.82) is 0 Å². The molecule has 0 N–H and O–H groups in total. The molecular formula is C23H27Cl2N3O3S. The van der Waals surface area contributed by atoms with Crippen molar-refractivity contribution in [3.63, 3.8) is 0 Å². The number of carbonyl (C=O) groups excluding carboxylic acids is 1. The Hall–Kier alpha value is -1.64. The molecule has 2 saturated heterocycles. The normalized spacial score (nSPS) is 18.6. The van der Waals surface area contributed by atoms with Gasteiger partial charge in [-0.15, -0.1) is 0 Å². The van der Waals surface area contributed by atoms with Crippen LogP contribution in [0.2, 0.25) is 10.0 Å². The molecule has 0 unspecified atom stereocenters. The Morgan fingerprint density at radius 3 is 2.16 bits per heavy atom. The maximum absolute atomic E-state index is 13.2. The van der Waals surface area contributed by atoms with Gasteiger partial charge in [-0.25, -0.2) is 8.42 Å². The lowest BCUT2D eigenvalue weighted by Crippen LogP contribution is -2.48. The number of rotatable bonds is 5. The molecule has 2 aromatic rings. The van der Waals surface area contributed by atoms with Crippen molar-refractivity contribution in [2.45, 2.75) is 30.7 Å². The van der Waals surface area contributed by atoms with Gasteiger partial charge in [0.25, 0.3) is 5.91 Å². The molecule has 0 radical (unpaired) electrons. The molecule has 2 aromatic carbocycles. The molecule has 2 fully saturated rings. The topological polar surface area (TPSA) is 60.9 Å². The molecule has 2 aliphatic heterocycles. The highest BCUT2D eigenvalue weighted by atomic mass is 35.5. The highest BCUT2D eigenvalue weighted by molar-refractivity contribution is 7.89. The van der Waals surface area contributed by atoms with Crippen molar-refractivity contribution >= 4 is 39.1 Å². The molecule has 6 nitrogen and oxygen atoms in total. The van der Waals surface area contributed by atoms with Gasteiger partial charge in [-0.1, -0.05) is 60.0 Å². The Labute approximate surface area is 199 Å². The first-order valence-electron chi connectivity index (χ1n) is 10.9. The van der Waals surface area contributed by atoms with Gasteiger partial charge in [-0.2, -0.15) is 4.31 Å². The van der Waals surface area contributed by atoms with Crippen molar-refractivity contribution in [2.24, 2.45) is 0 Å². The molecule has 172 valence electrons. The third kappa shape index (κ3) is 5.13. The van der Waals surface area contributed by atoms with Crippen LogP contribution in [0.25, 0.3) is 0 Å². The number of benzene rings is 2. The highest BCUT2D eigenvalue weighted by Crippen LogP contribution is 2.32. The molecule has 9 heteroatoms. The first-order valence-corrected chi connectivity index (χ1v) is 13.1. The summed E-state index contributed by atoms with van der Waals surface area (Å²) < 4.78 is 27.8. The summed E-state index contributed by atoms with van der Waals surface area (Å²) in [5.74, 6) is -0.263. The molecule has 4 rings (SSSR count). The van der Waals surface area contributed by atoms with E-state index in [-0.39, 0.29) is 26.4 Å². The summed E-state index contributed by atoms with van der Waals surface area (Å²) in [5, 5.41) is 0.217. The predicted molar refractivity (Wildman–Crippen MR) is 127 cm³/mol. The van der Waals surface area contributed by atoms with Crippen LogP contribution in [0.5, 0.6) is 0 Å². The molecule has 0 spiro atoms. The highest BCUT2D eigenvalue weighted by Gasteiger charge is 2.31. The monoisotopic (exact) mass is 495 g/mol. The number of nitrogens with zero attached hydrogens (tertiary/aromatic N) is 3. The lowest BCUT2D eigenvalue weighted by atomic mass is 10.1. The Kier molecular flexibility index (Phi) is 7.42. The van der Waals surface area contributed by atoms with Gasteiger partial charge in [-0.3, -0.25) is 9.69 Å². The second-order valence-electron chi connectivity index (χ2n) is 8.28. The van der Waals surface area contributed by atoms with Crippen LogP contribution in [0.4, 0.5) is 0 Å². The lowest BCUT2D eigenvalue weighted by Gasteiger charge is -2.35. The molecule has 0 bridgehead atoms. The summed E-state index contributed by atoms with van der Waals surface area (Å²) >= 11 is 12.6. The van der Waals surface area contributed by atoms with Gasteiger partial charge < -0.3 is 4.90 Å². The molecule has 0 aromatic heterocycles. The average Bonchev–Trinajstić information content (AvgIpc) is 2.80. The van der Waals surface area contributed by atoms with E-state index in [2.05, 4.69) is 17.0 Å². The Morgan fingerprint density at radius 2 is 1.50 bits per heavy atom. The fourth-order valence-electron chi connectivity index (χ4n) is 4.26. The standard InChI is InChI=1S/C23H27Cl2N3O3S/c24-20-16-21(25)22(32(30,31)28-9-5-2-6-10-28)15-19(20)23(29)27-13-11-26(12-14-27)17-18-7-3-1-4-8-18/h1,3-4,7-8,15-16H,2,5-6,9-14,17H2. The van der Waals surface area contributed by atoms with E-state index in [1.807, 2.05) is 18.2 Å². The third-order valence-corrected chi connectivity index (χ3v) is 8.77. The number of piperidine rings is 1. The Balaban J connectivity index is 1.49. The molecule has 0 atom stereocenters. The van der Waals surface area contributed by atoms with E-state index in [1.54, 1.807) is 4.90 Å². The number of sulfonamides is 1. The van der Waals surface area contributed by atoms with Crippen molar-refractivity contribution in [3.8, 4) is 0 Å². The smallest absolute Gasteiger partial charge is 0.255 e. The van der Waals surface area contributed by atoms with Gasteiger partial charge in [-0.05, 0) is 30.5 Å². The minimum atomic E-state index is -3.78. The number of hydrogen-bond acceptors (Lipinski definition) is 4. The fourth-order valence-corrected chi connectivity index (χ4v) is 6.60. The molecule has 32 heavy (non-hydrogen) atoms. The molecule has 0 aliphatic carbocycles. The van der Waals surface area contributed by atoms with E-state index in [9.17, 15) is 13.2 Å². The Bertz CT molecular complexity index is 1070. The van der Waals surface area contributed by atoms with Crippen LogP contribution < -0.4 is 0 Å². The average molecular weight is 496 g/mol. The summed E-state index contributed by atoms with van der Waals surface area (Å²) in [6.45, 7) is 4.36. The van der Waals surface area contributed by atoms with Gasteiger partial charge in [0.2, 0.25) is 10.0 Å². The second-order valence-corrected chi connectivity index (χ2v) is 11.0. The van der Waals surface area contributed by atoms with Crippen LogP contribution in [0.3, 0.4) is 0 Å². The molecule has 2 heterocycles. The van der Waals surface area contributed by atoms with E-state index in [0.29, 0.717) is 26.2 Å². The van der Waals surface area contributed by atoms with Gasteiger partial charge in [0, 0.05) is 45.8 Å². The summed E-state index contributed by atoms with van der Waals surface area (Å²) in [5.41, 5.74) is 1.42. The zero-order chi connectivity index (χ0) is 22.7. The summed E-state index contributed by atoms with van der Waals surface area (Å²) in [7, 11) is -3.78. The third-order valence-electron chi connectivity index (χ3n) is 6.09. The zero-order valence-electron chi connectivity index (χ0n) is 17.8. The van der Waals surface area contributed by atoms with Crippen LogP contribution in [0, 0.1) is 0 Å². The van der Waals surface area contributed by atoms with E-state index >= 15 is 0 Å². The maximum atomic E-state index is 13.2. The maximum Gasteiger partial charge on any atom is 0.255 e. The molecule has 2 aliphatic rings. The molecular weight excluding hydrogens is 469 g/mol. The number of amides is 1. The van der Waals surface area contributed by atoms with Crippen molar-refractivity contribution < 1.29 is 13.2 Å². The number of piperazine rings is 1. The van der Waals surface area contributed by atoms with Gasteiger partial charge in [0.05, 0.1) is 15.6 Å². The second kappa shape index (κ2) is 10.1. The number of halogens is 2. The summed E-state index contributed by atoms with van der Waals surface area (Å²) in [4.78, 5) is 17.2. The molecule has 1 amide bonds. The number of carbonyl (C=O) groups is 1. The van der Waals surface area contributed by atoms with Crippen LogP contribution in [0.15, 0.2) is 47.4 Å². The summed E-state index contributed by atoms with van der Waals surface area (Å²) in [6, 6.07) is 13.0. The first kappa shape index (κ1) is 23.5. The first-order chi connectivity index (χ1) is 15.4. The van der Waals surface area contributed by atoms with Gasteiger partial charge in [0.15, 0.2) is 0 Å². The predicted octanol–water partition coefficient (Wildman–Crippen LogP) is 4.13. The largest absolute Gasteiger partial charge is 0.336 e. The van der Waals surface area contributed by atoms with Gasteiger partial charge >= 0.3 is 0 Å². The quantitative estimate of drug-likeness (QED) is 0.625. The minimum Gasteiger partial charge on any atom is -0.336 e. The van der Waals surface area contributed by atoms with Gasteiger partial charge in [0.1, 0.15) is 4.90 Å². The van der Waals surface area contributed by atoms with Crippen LogP contribution >= 0.6 is 23.2 Å². The van der Waals surface area contributed by atoms with Crippen molar-refractivity contribution in [1.82, 2.24) is 14.1 Å². The summed E-state index contributed by atoms with van der Waals surface area (Å²) in [6.07, 6.45) is 2.66. The van der Waals surface area contributed by atoms with Crippen LogP contribution in [-0.2, 0) is 16.6 Å². The fraction of sp³-hybridized carbons (Fsp3) is 0.435. The van der Waals surface area contributed by atoms with E-state index in [4.69, 9.17) is 23.2 Å².